The van der Waals surface area contributed by atoms with Crippen molar-refractivity contribution in [2.24, 2.45) is 11.1 Å². The molecule has 1 aliphatic carbocycles. The second kappa shape index (κ2) is 5.11. The van der Waals surface area contributed by atoms with E-state index in [9.17, 15) is 4.79 Å². The molecule has 3 N–H and O–H groups in total. The molecule has 18 heavy (non-hydrogen) atoms. The van der Waals surface area contributed by atoms with Crippen LogP contribution in [0.2, 0.25) is 0 Å². The number of nitrogens with one attached hydrogen (secondary N) is 1. The van der Waals surface area contributed by atoms with Crippen LogP contribution in [-0.4, -0.2) is 11.9 Å². The molecule has 1 fully saturated rings. The Morgan fingerprint density at radius 2 is 2.06 bits per heavy atom. The van der Waals surface area contributed by atoms with E-state index in [4.69, 9.17) is 5.73 Å². The van der Waals surface area contributed by atoms with E-state index in [0.717, 1.165) is 18.4 Å². The van der Waals surface area contributed by atoms with Gasteiger partial charge in [0, 0.05) is 6.04 Å². The zero-order valence-corrected chi connectivity index (χ0v) is 11.1. The minimum atomic E-state index is -0.560. The van der Waals surface area contributed by atoms with Crippen molar-refractivity contribution in [2.75, 3.05) is 0 Å². The molecule has 0 aromatic heterocycles. The normalized spacial score (nSPS) is 23.6. The highest BCUT2D eigenvalue weighted by molar-refractivity contribution is 5.83. The molecule has 1 aliphatic rings. The van der Waals surface area contributed by atoms with Crippen LogP contribution in [-0.2, 0) is 4.79 Å². The Bertz CT molecular complexity index is 414. The van der Waals surface area contributed by atoms with E-state index >= 15 is 0 Å². The summed E-state index contributed by atoms with van der Waals surface area (Å²) in [6.45, 7) is 4.49. The Labute approximate surface area is 109 Å². The summed E-state index contributed by atoms with van der Waals surface area (Å²) in [4.78, 5) is 12.1. The van der Waals surface area contributed by atoms with Crippen LogP contribution in [0.5, 0.6) is 0 Å². The zero-order chi connectivity index (χ0) is 13.2. The van der Waals surface area contributed by atoms with Gasteiger partial charge in [0.25, 0.3) is 0 Å². The van der Waals surface area contributed by atoms with Gasteiger partial charge in [-0.15, -0.1) is 0 Å². The van der Waals surface area contributed by atoms with Crippen molar-refractivity contribution < 1.29 is 4.79 Å². The fourth-order valence-corrected chi connectivity index (χ4v) is 2.66. The molecule has 98 valence electrons. The first-order valence-electron chi connectivity index (χ1n) is 6.59. The fourth-order valence-electron chi connectivity index (χ4n) is 2.66. The van der Waals surface area contributed by atoms with Gasteiger partial charge in [-0.05, 0) is 30.2 Å². The third-order valence-corrected chi connectivity index (χ3v) is 3.76. The van der Waals surface area contributed by atoms with Crippen molar-refractivity contribution in [3.05, 3.63) is 35.9 Å². The lowest BCUT2D eigenvalue weighted by Crippen LogP contribution is -2.40. The largest absolute Gasteiger partial charge is 0.352 e. The summed E-state index contributed by atoms with van der Waals surface area (Å²) in [6, 6.07) is 9.24. The predicted molar refractivity (Wildman–Crippen MR) is 72.9 cm³/mol. The molecule has 0 radical (unpaired) electrons. The number of carbonyl (C=O) groups excluding carboxylic acids is 1. The van der Waals surface area contributed by atoms with E-state index in [2.05, 4.69) is 19.2 Å². The van der Waals surface area contributed by atoms with Crippen LogP contribution in [0.1, 0.15) is 44.7 Å². The predicted octanol–water partition coefficient (Wildman–Crippen LogP) is 2.38. The van der Waals surface area contributed by atoms with Crippen LogP contribution in [0, 0.1) is 5.41 Å². The third-order valence-electron chi connectivity index (χ3n) is 3.76. The fraction of sp³-hybridized carbons (Fsp3) is 0.533. The van der Waals surface area contributed by atoms with Gasteiger partial charge in [-0.3, -0.25) is 4.79 Å². The van der Waals surface area contributed by atoms with Gasteiger partial charge in [0.15, 0.2) is 0 Å². The molecule has 0 heterocycles. The average Bonchev–Trinajstić information content (AvgIpc) is 2.68. The first-order valence-corrected chi connectivity index (χ1v) is 6.59. The summed E-state index contributed by atoms with van der Waals surface area (Å²) in [5.74, 6) is -0.0658. The molecule has 1 amide bonds. The lowest BCUT2D eigenvalue weighted by Gasteiger charge is -2.19. The number of carbonyl (C=O) groups is 1. The van der Waals surface area contributed by atoms with Crippen LogP contribution in [0.25, 0.3) is 0 Å². The van der Waals surface area contributed by atoms with E-state index in [0.29, 0.717) is 5.41 Å². The van der Waals surface area contributed by atoms with Crippen LogP contribution in [0.4, 0.5) is 0 Å². The second-order valence-corrected chi connectivity index (χ2v) is 6.00. The Balaban J connectivity index is 1.93. The van der Waals surface area contributed by atoms with Crippen molar-refractivity contribution in [2.45, 2.75) is 45.2 Å². The maximum absolute atomic E-state index is 12.1. The summed E-state index contributed by atoms with van der Waals surface area (Å²) >= 11 is 0. The van der Waals surface area contributed by atoms with E-state index < -0.39 is 6.04 Å². The van der Waals surface area contributed by atoms with Gasteiger partial charge in [-0.1, -0.05) is 44.2 Å². The lowest BCUT2D eigenvalue weighted by atomic mass is 9.92. The summed E-state index contributed by atoms with van der Waals surface area (Å²) in [6.07, 6.45) is 3.26. The lowest BCUT2D eigenvalue weighted by molar-refractivity contribution is -0.123. The van der Waals surface area contributed by atoms with Crippen molar-refractivity contribution in [1.29, 1.82) is 0 Å². The number of rotatable bonds is 3. The number of nitrogens with two attached hydrogens (primary N) is 1. The third kappa shape index (κ3) is 3.10. The first-order chi connectivity index (χ1) is 8.48. The molecule has 1 aromatic carbocycles. The molecular formula is C15H22N2O. The first kappa shape index (κ1) is 13.1. The molecule has 0 spiro atoms. The summed E-state index contributed by atoms with van der Waals surface area (Å²) in [5.41, 5.74) is 7.18. The van der Waals surface area contributed by atoms with E-state index in [-0.39, 0.29) is 11.9 Å². The van der Waals surface area contributed by atoms with E-state index in [1.54, 1.807) is 0 Å². The van der Waals surface area contributed by atoms with Gasteiger partial charge in [-0.2, -0.15) is 0 Å². The Morgan fingerprint density at radius 3 is 2.61 bits per heavy atom. The molecule has 1 aromatic rings. The van der Waals surface area contributed by atoms with Gasteiger partial charge in [0.05, 0.1) is 0 Å². The molecule has 2 rings (SSSR count). The Kier molecular flexibility index (Phi) is 3.71. The number of amides is 1. The second-order valence-electron chi connectivity index (χ2n) is 6.00. The van der Waals surface area contributed by atoms with Crippen molar-refractivity contribution >= 4 is 5.91 Å². The van der Waals surface area contributed by atoms with Crippen molar-refractivity contribution in [1.82, 2.24) is 5.32 Å². The van der Waals surface area contributed by atoms with E-state index in [1.165, 1.54) is 6.42 Å². The molecule has 2 atom stereocenters. The molecule has 0 bridgehead atoms. The smallest absolute Gasteiger partial charge is 0.241 e. The zero-order valence-electron chi connectivity index (χ0n) is 11.1. The highest BCUT2D eigenvalue weighted by atomic mass is 16.2. The molecular weight excluding hydrogens is 224 g/mol. The topological polar surface area (TPSA) is 55.1 Å². The molecule has 2 unspecified atom stereocenters. The van der Waals surface area contributed by atoms with Crippen LogP contribution >= 0.6 is 0 Å². The molecule has 0 saturated heterocycles. The Morgan fingerprint density at radius 1 is 1.39 bits per heavy atom. The Hall–Kier alpha value is -1.35. The summed E-state index contributed by atoms with van der Waals surface area (Å²) < 4.78 is 0. The highest BCUT2D eigenvalue weighted by Crippen LogP contribution is 2.37. The minimum absolute atomic E-state index is 0.0658. The van der Waals surface area contributed by atoms with Crippen LogP contribution in [0.3, 0.4) is 0 Å². The van der Waals surface area contributed by atoms with Crippen molar-refractivity contribution in [3.8, 4) is 0 Å². The molecule has 1 saturated carbocycles. The number of hydrogen-bond acceptors (Lipinski definition) is 2. The monoisotopic (exact) mass is 246 g/mol. The van der Waals surface area contributed by atoms with Crippen LogP contribution < -0.4 is 11.1 Å². The standard InChI is InChI=1S/C15H22N2O/c1-15(2)9-8-12(10-15)17-14(18)13(16)11-6-4-3-5-7-11/h3-7,12-13H,8-10,16H2,1-2H3,(H,17,18). The summed E-state index contributed by atoms with van der Waals surface area (Å²) in [5, 5.41) is 3.07. The molecule has 0 aliphatic heterocycles. The quantitative estimate of drug-likeness (QED) is 0.860. The maximum Gasteiger partial charge on any atom is 0.241 e. The molecule has 3 heteroatoms. The number of hydrogen-bond donors (Lipinski definition) is 2. The highest BCUT2D eigenvalue weighted by Gasteiger charge is 2.32. The maximum atomic E-state index is 12.1. The minimum Gasteiger partial charge on any atom is -0.352 e. The van der Waals surface area contributed by atoms with Gasteiger partial charge < -0.3 is 11.1 Å². The average molecular weight is 246 g/mol. The SMILES string of the molecule is CC1(C)CCC(NC(=O)C(N)c2ccccc2)C1. The van der Waals surface area contributed by atoms with Crippen LogP contribution in [0.15, 0.2) is 30.3 Å². The van der Waals surface area contributed by atoms with E-state index in [1.807, 2.05) is 30.3 Å². The summed E-state index contributed by atoms with van der Waals surface area (Å²) in [7, 11) is 0. The van der Waals surface area contributed by atoms with Crippen molar-refractivity contribution in [3.63, 3.8) is 0 Å². The van der Waals surface area contributed by atoms with Gasteiger partial charge in [0.2, 0.25) is 5.91 Å². The molecule has 3 nitrogen and oxygen atoms in total. The van der Waals surface area contributed by atoms with Gasteiger partial charge in [-0.25, -0.2) is 0 Å². The number of benzene rings is 1. The van der Waals surface area contributed by atoms with Gasteiger partial charge >= 0.3 is 0 Å². The van der Waals surface area contributed by atoms with Gasteiger partial charge in [0.1, 0.15) is 6.04 Å².